The molecule has 2 atom stereocenters. The van der Waals surface area contributed by atoms with Gasteiger partial charge in [-0.2, -0.15) is 0 Å². The number of carbonyl (C=O) groups excluding carboxylic acids is 1. The van der Waals surface area contributed by atoms with E-state index in [2.05, 4.69) is 0 Å². The number of nitrogens with zero attached hydrogens (tertiary/aromatic N) is 3. The summed E-state index contributed by atoms with van der Waals surface area (Å²) in [7, 11) is 0. The Balaban J connectivity index is 1.87. The summed E-state index contributed by atoms with van der Waals surface area (Å²) in [4.78, 5) is 27.9. The van der Waals surface area contributed by atoms with Gasteiger partial charge < -0.3 is 0 Å². The monoisotopic (exact) mass is 391 g/mol. The summed E-state index contributed by atoms with van der Waals surface area (Å²) < 4.78 is 0. The zero-order chi connectivity index (χ0) is 18.4. The first-order valence-corrected chi connectivity index (χ1v) is 9.02. The van der Waals surface area contributed by atoms with Gasteiger partial charge in [-0.15, -0.1) is 0 Å². The van der Waals surface area contributed by atoms with Crippen molar-refractivity contribution in [1.82, 2.24) is 4.90 Å². The maximum absolute atomic E-state index is 13.1. The number of anilines is 1. The van der Waals surface area contributed by atoms with Crippen LogP contribution in [0.25, 0.3) is 0 Å². The Hall–Kier alpha value is -2.15. The predicted molar refractivity (Wildman–Crippen MR) is 99.5 cm³/mol. The fourth-order valence-electron chi connectivity index (χ4n) is 3.87. The Morgan fingerprint density at radius 2 is 1.88 bits per heavy atom. The smallest absolute Gasteiger partial charge is 0.276 e. The molecule has 0 N–H and O–H groups in total. The summed E-state index contributed by atoms with van der Waals surface area (Å²) in [6.07, 6.45) is 1.10. The lowest BCUT2D eigenvalue weighted by atomic mass is 10.1. The Bertz CT molecular complexity index is 905. The normalized spacial score (nSPS) is 22.7. The van der Waals surface area contributed by atoms with E-state index in [0.29, 0.717) is 27.8 Å². The topological polar surface area (TPSA) is 66.7 Å². The molecule has 2 aliphatic rings. The maximum Gasteiger partial charge on any atom is 0.276 e. The summed E-state index contributed by atoms with van der Waals surface area (Å²) in [6.45, 7) is 0.713. The summed E-state index contributed by atoms with van der Waals surface area (Å²) in [5, 5.41) is 12.3. The van der Waals surface area contributed by atoms with Crippen molar-refractivity contribution in [3.63, 3.8) is 0 Å². The lowest BCUT2D eigenvalue weighted by molar-refractivity contribution is -0.385. The minimum atomic E-state index is -0.533. The lowest BCUT2D eigenvalue weighted by Crippen LogP contribution is -2.32. The number of halogens is 2. The first kappa shape index (κ1) is 17.3. The van der Waals surface area contributed by atoms with Crippen molar-refractivity contribution in [2.24, 2.45) is 0 Å². The van der Waals surface area contributed by atoms with Gasteiger partial charge in [0.15, 0.2) is 0 Å². The zero-order valence-electron chi connectivity index (χ0n) is 13.6. The summed E-state index contributed by atoms with van der Waals surface area (Å²) in [6, 6.07) is 11.3. The van der Waals surface area contributed by atoms with E-state index >= 15 is 0 Å². The third-order valence-electron chi connectivity index (χ3n) is 4.97. The number of carbonyl (C=O) groups is 1. The number of hydrogen-bond acceptors (Lipinski definition) is 4. The number of para-hydroxylation sites is 1. The molecule has 0 radical (unpaired) electrons. The molecule has 0 bridgehead atoms. The molecule has 2 unspecified atom stereocenters. The van der Waals surface area contributed by atoms with Crippen molar-refractivity contribution in [3.8, 4) is 0 Å². The van der Waals surface area contributed by atoms with Gasteiger partial charge in [-0.1, -0.05) is 35.3 Å². The average Bonchev–Trinajstić information content (AvgIpc) is 3.20. The van der Waals surface area contributed by atoms with Gasteiger partial charge >= 0.3 is 0 Å². The van der Waals surface area contributed by atoms with Crippen LogP contribution < -0.4 is 4.90 Å². The highest BCUT2D eigenvalue weighted by molar-refractivity contribution is 6.42. The lowest BCUT2D eigenvalue weighted by Gasteiger charge is -2.29. The van der Waals surface area contributed by atoms with Crippen molar-refractivity contribution in [1.29, 1.82) is 0 Å². The third kappa shape index (κ3) is 2.65. The molecular weight excluding hydrogens is 377 g/mol. The van der Waals surface area contributed by atoms with Crippen LogP contribution in [-0.4, -0.2) is 28.3 Å². The van der Waals surface area contributed by atoms with E-state index in [9.17, 15) is 14.9 Å². The van der Waals surface area contributed by atoms with E-state index in [1.807, 2.05) is 4.90 Å². The number of amides is 1. The van der Waals surface area contributed by atoms with Crippen LogP contribution in [0.5, 0.6) is 0 Å². The molecule has 0 aromatic heterocycles. The molecule has 6 nitrogen and oxygen atoms in total. The molecule has 2 aromatic carbocycles. The summed E-state index contributed by atoms with van der Waals surface area (Å²) in [5.41, 5.74) is 1.09. The Labute approximate surface area is 160 Å². The van der Waals surface area contributed by atoms with Crippen molar-refractivity contribution in [2.45, 2.75) is 25.0 Å². The van der Waals surface area contributed by atoms with Crippen LogP contribution in [-0.2, 0) is 4.79 Å². The number of fused-ring (bicyclic) bond motifs is 1. The van der Waals surface area contributed by atoms with E-state index in [1.54, 1.807) is 41.3 Å². The molecule has 1 amide bonds. The highest BCUT2D eigenvalue weighted by atomic mass is 35.5. The van der Waals surface area contributed by atoms with E-state index < -0.39 is 11.1 Å². The van der Waals surface area contributed by atoms with Crippen LogP contribution in [0.4, 0.5) is 11.4 Å². The van der Waals surface area contributed by atoms with Gasteiger partial charge in [-0.3, -0.25) is 24.7 Å². The molecular formula is C18H15Cl2N3O3. The largest absolute Gasteiger partial charge is 0.290 e. The van der Waals surface area contributed by atoms with Crippen LogP contribution in [0.2, 0.25) is 10.0 Å². The molecule has 0 saturated carbocycles. The second-order valence-corrected chi connectivity index (χ2v) is 7.21. The van der Waals surface area contributed by atoms with E-state index in [4.69, 9.17) is 23.2 Å². The minimum absolute atomic E-state index is 0.00269. The molecule has 8 heteroatoms. The van der Waals surface area contributed by atoms with Crippen LogP contribution in [0.3, 0.4) is 0 Å². The molecule has 2 fully saturated rings. The zero-order valence-corrected chi connectivity index (χ0v) is 15.2. The second kappa shape index (κ2) is 6.54. The number of benzene rings is 2. The second-order valence-electron chi connectivity index (χ2n) is 6.39. The quantitative estimate of drug-likeness (QED) is 0.573. The van der Waals surface area contributed by atoms with Gasteiger partial charge in [0.05, 0.1) is 26.6 Å². The number of nitro benzene ring substituents is 1. The van der Waals surface area contributed by atoms with Crippen LogP contribution in [0, 0.1) is 10.1 Å². The van der Waals surface area contributed by atoms with E-state index in [0.717, 1.165) is 12.8 Å². The fourth-order valence-corrected chi connectivity index (χ4v) is 4.16. The van der Waals surface area contributed by atoms with Gasteiger partial charge in [-0.25, -0.2) is 0 Å². The Morgan fingerprint density at radius 3 is 2.62 bits per heavy atom. The molecule has 2 aliphatic heterocycles. The standard InChI is InChI=1S/C18H15Cl2N3O3/c19-13-8-7-11(10-14(13)20)22-17(21-9-3-6-16(21)18(22)24)12-4-1-2-5-15(12)23(25)26/h1-2,4-5,7-8,10,16-17H,3,6,9H2. The third-order valence-corrected chi connectivity index (χ3v) is 5.71. The molecule has 2 saturated heterocycles. The van der Waals surface area contributed by atoms with E-state index in [-0.39, 0.29) is 17.6 Å². The van der Waals surface area contributed by atoms with Crippen molar-refractivity contribution < 1.29 is 9.72 Å². The summed E-state index contributed by atoms with van der Waals surface area (Å²) in [5.74, 6) is -0.0657. The van der Waals surface area contributed by atoms with Gasteiger partial charge in [-0.05, 0) is 37.1 Å². The van der Waals surface area contributed by atoms with E-state index in [1.165, 1.54) is 6.07 Å². The number of hydrogen-bond donors (Lipinski definition) is 0. The van der Waals surface area contributed by atoms with Crippen LogP contribution >= 0.6 is 23.2 Å². The fraction of sp³-hybridized carbons (Fsp3) is 0.278. The highest BCUT2D eigenvalue weighted by Gasteiger charge is 2.50. The van der Waals surface area contributed by atoms with Crippen LogP contribution in [0.15, 0.2) is 42.5 Å². The number of rotatable bonds is 3. The molecule has 26 heavy (non-hydrogen) atoms. The van der Waals surface area contributed by atoms with Crippen molar-refractivity contribution in [3.05, 3.63) is 68.2 Å². The molecule has 2 heterocycles. The molecule has 2 aromatic rings. The molecule has 134 valence electrons. The highest BCUT2D eigenvalue weighted by Crippen LogP contribution is 2.45. The SMILES string of the molecule is O=C1C2CCCN2C(c2ccccc2[N+](=O)[O-])N1c1ccc(Cl)c(Cl)c1. The number of nitro groups is 1. The first-order valence-electron chi connectivity index (χ1n) is 8.26. The molecule has 4 rings (SSSR count). The first-order chi connectivity index (χ1) is 12.5. The molecule has 0 spiro atoms. The van der Waals surface area contributed by atoms with Crippen molar-refractivity contribution >= 4 is 40.5 Å². The van der Waals surface area contributed by atoms with Gasteiger partial charge in [0, 0.05) is 18.3 Å². The van der Waals surface area contributed by atoms with Crippen molar-refractivity contribution in [2.75, 3.05) is 11.4 Å². The molecule has 0 aliphatic carbocycles. The Morgan fingerprint density at radius 1 is 1.12 bits per heavy atom. The Kier molecular flexibility index (Phi) is 4.34. The predicted octanol–water partition coefficient (Wildman–Crippen LogP) is 4.41. The van der Waals surface area contributed by atoms with Crippen LogP contribution in [0.1, 0.15) is 24.6 Å². The minimum Gasteiger partial charge on any atom is -0.290 e. The average molecular weight is 392 g/mol. The maximum atomic E-state index is 13.1. The van der Waals surface area contributed by atoms with Gasteiger partial charge in [0.2, 0.25) is 5.91 Å². The van der Waals surface area contributed by atoms with Gasteiger partial charge in [0.1, 0.15) is 6.17 Å². The van der Waals surface area contributed by atoms with Gasteiger partial charge in [0.25, 0.3) is 5.69 Å². The summed E-state index contributed by atoms with van der Waals surface area (Å²) >= 11 is 12.1.